The van der Waals surface area contributed by atoms with Gasteiger partial charge in [0.15, 0.2) is 0 Å². The van der Waals surface area contributed by atoms with Crippen LogP contribution in [-0.4, -0.2) is 17.0 Å². The van der Waals surface area contributed by atoms with E-state index in [0.717, 1.165) is 23.3 Å². The average molecular weight is 335 g/mol. The fourth-order valence-corrected chi connectivity index (χ4v) is 2.52. The number of anilines is 1. The van der Waals surface area contributed by atoms with E-state index in [9.17, 15) is 14.0 Å². The normalized spacial score (nSPS) is 10.3. The molecule has 0 atom stereocenters. The summed E-state index contributed by atoms with van der Waals surface area (Å²) in [5.41, 5.74) is 1.83. The molecule has 0 aliphatic rings. The van der Waals surface area contributed by atoms with Gasteiger partial charge in [0.05, 0.1) is 5.56 Å². The lowest BCUT2D eigenvalue weighted by Gasteiger charge is -2.11. The summed E-state index contributed by atoms with van der Waals surface area (Å²) in [6, 6.07) is 20.0. The van der Waals surface area contributed by atoms with Crippen LogP contribution < -0.4 is 5.32 Å². The fraction of sp³-hybridized carbons (Fsp3) is 0. The molecule has 0 heterocycles. The van der Waals surface area contributed by atoms with Crippen molar-refractivity contribution in [2.75, 3.05) is 5.32 Å². The molecule has 4 nitrogen and oxygen atoms in total. The molecule has 0 aliphatic carbocycles. The SMILES string of the molecule is O=C(O)c1ccc(NC(=O)c2ccccc2-c2ccccc2)cc1F. The summed E-state index contributed by atoms with van der Waals surface area (Å²) in [4.78, 5) is 23.4. The highest BCUT2D eigenvalue weighted by Gasteiger charge is 2.15. The monoisotopic (exact) mass is 335 g/mol. The number of aromatic carboxylic acids is 1. The molecule has 3 rings (SSSR count). The first-order chi connectivity index (χ1) is 12.1. The number of carbonyl (C=O) groups excluding carboxylic acids is 1. The van der Waals surface area contributed by atoms with Crippen molar-refractivity contribution in [1.29, 1.82) is 0 Å². The van der Waals surface area contributed by atoms with Crippen LogP contribution in [-0.2, 0) is 0 Å². The number of rotatable bonds is 4. The molecule has 3 aromatic rings. The minimum absolute atomic E-state index is 0.190. The van der Waals surface area contributed by atoms with Gasteiger partial charge in [0, 0.05) is 11.3 Å². The Morgan fingerprint density at radius 3 is 2.20 bits per heavy atom. The van der Waals surface area contributed by atoms with Gasteiger partial charge in [0.25, 0.3) is 5.91 Å². The van der Waals surface area contributed by atoms with E-state index in [-0.39, 0.29) is 5.69 Å². The maximum atomic E-state index is 13.8. The molecule has 5 heteroatoms. The Kier molecular flexibility index (Phi) is 4.57. The molecular formula is C20H14FNO3. The van der Waals surface area contributed by atoms with Crippen LogP contribution >= 0.6 is 0 Å². The van der Waals surface area contributed by atoms with Crippen molar-refractivity contribution in [3.63, 3.8) is 0 Å². The van der Waals surface area contributed by atoms with Crippen molar-refractivity contribution in [3.8, 4) is 11.1 Å². The Morgan fingerprint density at radius 1 is 0.840 bits per heavy atom. The summed E-state index contributed by atoms with van der Waals surface area (Å²) in [5, 5.41) is 11.5. The highest BCUT2D eigenvalue weighted by atomic mass is 19.1. The number of hydrogen-bond donors (Lipinski definition) is 2. The van der Waals surface area contributed by atoms with Crippen molar-refractivity contribution in [2.45, 2.75) is 0 Å². The van der Waals surface area contributed by atoms with Gasteiger partial charge in [-0.3, -0.25) is 4.79 Å². The molecule has 0 bridgehead atoms. The molecule has 0 saturated carbocycles. The van der Waals surface area contributed by atoms with Crippen molar-refractivity contribution in [3.05, 3.63) is 89.7 Å². The lowest BCUT2D eigenvalue weighted by Crippen LogP contribution is -2.13. The summed E-state index contributed by atoms with van der Waals surface area (Å²) in [7, 11) is 0. The second-order valence-corrected chi connectivity index (χ2v) is 5.37. The van der Waals surface area contributed by atoms with Gasteiger partial charge in [-0.2, -0.15) is 0 Å². The van der Waals surface area contributed by atoms with Crippen LogP contribution in [0.3, 0.4) is 0 Å². The summed E-state index contributed by atoms with van der Waals surface area (Å²) in [5.74, 6) is -2.66. The first-order valence-corrected chi connectivity index (χ1v) is 7.55. The Morgan fingerprint density at radius 2 is 1.52 bits per heavy atom. The van der Waals surface area contributed by atoms with E-state index in [1.807, 2.05) is 42.5 Å². The molecule has 124 valence electrons. The summed E-state index contributed by atoms with van der Waals surface area (Å²) in [6.07, 6.45) is 0. The molecule has 0 fully saturated rings. The van der Waals surface area contributed by atoms with Gasteiger partial charge in [-0.25, -0.2) is 9.18 Å². The Bertz CT molecular complexity index is 939. The molecule has 1 amide bonds. The summed E-state index contributed by atoms with van der Waals surface area (Å²) >= 11 is 0. The second kappa shape index (κ2) is 6.97. The van der Waals surface area contributed by atoms with Gasteiger partial charge in [-0.1, -0.05) is 48.5 Å². The number of carboxylic acids is 1. The molecule has 0 aromatic heterocycles. The van der Waals surface area contributed by atoms with E-state index < -0.39 is 23.3 Å². The van der Waals surface area contributed by atoms with Crippen molar-refractivity contribution in [1.82, 2.24) is 0 Å². The molecule has 0 unspecified atom stereocenters. The fourth-order valence-electron chi connectivity index (χ4n) is 2.52. The zero-order valence-electron chi connectivity index (χ0n) is 13.1. The maximum absolute atomic E-state index is 13.8. The number of amides is 1. The molecule has 3 aromatic carbocycles. The third-order valence-corrected chi connectivity index (χ3v) is 3.71. The third-order valence-electron chi connectivity index (χ3n) is 3.71. The minimum Gasteiger partial charge on any atom is -0.478 e. The van der Waals surface area contributed by atoms with Crippen LogP contribution in [0.25, 0.3) is 11.1 Å². The first-order valence-electron chi connectivity index (χ1n) is 7.55. The minimum atomic E-state index is -1.36. The molecule has 25 heavy (non-hydrogen) atoms. The van der Waals surface area contributed by atoms with Crippen molar-refractivity contribution >= 4 is 17.6 Å². The van der Waals surface area contributed by atoms with E-state index in [0.29, 0.717) is 5.56 Å². The largest absolute Gasteiger partial charge is 0.478 e. The van der Waals surface area contributed by atoms with E-state index in [1.165, 1.54) is 6.07 Å². The Balaban J connectivity index is 1.90. The Hall–Kier alpha value is -3.47. The summed E-state index contributed by atoms with van der Waals surface area (Å²) in [6.45, 7) is 0. The lowest BCUT2D eigenvalue weighted by molar-refractivity contribution is 0.0692. The molecule has 0 saturated heterocycles. The number of nitrogens with one attached hydrogen (secondary N) is 1. The zero-order valence-corrected chi connectivity index (χ0v) is 13.1. The van der Waals surface area contributed by atoms with Crippen LogP contribution in [0.4, 0.5) is 10.1 Å². The quantitative estimate of drug-likeness (QED) is 0.740. The highest BCUT2D eigenvalue weighted by Crippen LogP contribution is 2.24. The lowest BCUT2D eigenvalue weighted by atomic mass is 9.99. The third kappa shape index (κ3) is 3.55. The predicted octanol–water partition coefficient (Wildman–Crippen LogP) is 4.44. The van der Waals surface area contributed by atoms with Gasteiger partial charge in [-0.15, -0.1) is 0 Å². The molecule has 0 aliphatic heterocycles. The number of benzene rings is 3. The van der Waals surface area contributed by atoms with E-state index in [2.05, 4.69) is 5.32 Å². The molecule has 0 radical (unpaired) electrons. The topological polar surface area (TPSA) is 66.4 Å². The Labute approximate surface area is 143 Å². The number of carbonyl (C=O) groups is 2. The standard InChI is InChI=1S/C20H14FNO3/c21-18-12-14(10-11-17(18)20(24)25)22-19(23)16-9-5-4-8-15(16)13-6-2-1-3-7-13/h1-12H,(H,22,23)(H,24,25). The molecular weight excluding hydrogens is 321 g/mol. The van der Waals surface area contributed by atoms with E-state index in [4.69, 9.17) is 5.11 Å². The van der Waals surface area contributed by atoms with Crippen molar-refractivity contribution < 1.29 is 19.1 Å². The second-order valence-electron chi connectivity index (χ2n) is 5.37. The van der Waals surface area contributed by atoms with Gasteiger partial charge >= 0.3 is 5.97 Å². The van der Waals surface area contributed by atoms with Crippen LogP contribution in [0, 0.1) is 5.82 Å². The number of halogens is 1. The molecule has 0 spiro atoms. The highest BCUT2D eigenvalue weighted by molar-refractivity contribution is 6.08. The smallest absolute Gasteiger partial charge is 0.338 e. The predicted molar refractivity (Wildman–Crippen MR) is 93.2 cm³/mol. The van der Waals surface area contributed by atoms with Gasteiger partial charge in [-0.05, 0) is 35.4 Å². The summed E-state index contributed by atoms with van der Waals surface area (Å²) < 4.78 is 13.8. The van der Waals surface area contributed by atoms with Crippen LogP contribution in [0.15, 0.2) is 72.8 Å². The van der Waals surface area contributed by atoms with Gasteiger partial charge < -0.3 is 10.4 Å². The maximum Gasteiger partial charge on any atom is 0.338 e. The van der Waals surface area contributed by atoms with Gasteiger partial charge in [0.1, 0.15) is 5.82 Å². The van der Waals surface area contributed by atoms with Crippen LogP contribution in [0.5, 0.6) is 0 Å². The van der Waals surface area contributed by atoms with Gasteiger partial charge in [0.2, 0.25) is 0 Å². The average Bonchev–Trinajstić information content (AvgIpc) is 2.62. The zero-order chi connectivity index (χ0) is 17.8. The number of hydrogen-bond acceptors (Lipinski definition) is 2. The van der Waals surface area contributed by atoms with Crippen molar-refractivity contribution in [2.24, 2.45) is 0 Å². The van der Waals surface area contributed by atoms with Crippen LogP contribution in [0.1, 0.15) is 20.7 Å². The van der Waals surface area contributed by atoms with E-state index in [1.54, 1.807) is 12.1 Å². The number of carboxylic acid groups (broad SMARTS) is 1. The molecule has 2 N–H and O–H groups in total. The first kappa shape index (κ1) is 16.4. The van der Waals surface area contributed by atoms with E-state index >= 15 is 0 Å². The van der Waals surface area contributed by atoms with Crippen LogP contribution in [0.2, 0.25) is 0 Å².